The van der Waals surface area contributed by atoms with E-state index in [0.717, 1.165) is 12.8 Å². The van der Waals surface area contributed by atoms with Gasteiger partial charge >= 0.3 is 0 Å². The van der Waals surface area contributed by atoms with Gasteiger partial charge in [-0.1, -0.05) is 44.2 Å². The molecule has 1 rings (SSSR count). The van der Waals surface area contributed by atoms with E-state index in [1.807, 2.05) is 32.9 Å². The first-order chi connectivity index (χ1) is 6.24. The van der Waals surface area contributed by atoms with Gasteiger partial charge in [0, 0.05) is 6.04 Å². The Hall–Kier alpha value is -0.820. The van der Waals surface area contributed by atoms with Crippen LogP contribution >= 0.6 is 0 Å². The van der Waals surface area contributed by atoms with Crippen molar-refractivity contribution in [2.75, 3.05) is 0 Å². The summed E-state index contributed by atoms with van der Waals surface area (Å²) >= 11 is 0. The molecule has 0 aromatic carbocycles. The number of nitrogens with two attached hydrogens (primary N) is 1. The average molecular weight is 179 g/mol. The molecule has 1 fully saturated rings. The maximum absolute atomic E-state index is 5.76. The quantitative estimate of drug-likeness (QED) is 0.657. The van der Waals surface area contributed by atoms with Crippen LogP contribution in [0.5, 0.6) is 0 Å². The summed E-state index contributed by atoms with van der Waals surface area (Å²) in [5.74, 6) is 0. The van der Waals surface area contributed by atoms with Crippen molar-refractivity contribution in [2.24, 2.45) is 5.73 Å². The third-order valence-electron chi connectivity index (χ3n) is 1.93. The van der Waals surface area contributed by atoms with Crippen molar-refractivity contribution in [1.82, 2.24) is 0 Å². The molecule has 0 bridgehead atoms. The van der Waals surface area contributed by atoms with Gasteiger partial charge < -0.3 is 5.73 Å². The van der Waals surface area contributed by atoms with E-state index in [-0.39, 0.29) is 0 Å². The predicted octanol–water partition coefficient (Wildman–Crippen LogP) is 3.19. The fourth-order valence-corrected chi connectivity index (χ4v) is 1.34. The van der Waals surface area contributed by atoms with Gasteiger partial charge in [0.15, 0.2) is 0 Å². The highest BCUT2D eigenvalue weighted by atomic mass is 14.6. The Morgan fingerprint density at radius 1 is 1.38 bits per heavy atom. The topological polar surface area (TPSA) is 26.0 Å². The predicted molar refractivity (Wildman–Crippen MR) is 60.6 cm³/mol. The molecule has 13 heavy (non-hydrogen) atoms. The molecule has 1 unspecified atom stereocenters. The lowest BCUT2D eigenvalue weighted by molar-refractivity contribution is 0.735. The molecule has 0 aromatic rings. The minimum atomic E-state index is 0.305. The van der Waals surface area contributed by atoms with Gasteiger partial charge in [0.2, 0.25) is 0 Å². The highest BCUT2D eigenvalue weighted by Crippen LogP contribution is 2.27. The van der Waals surface area contributed by atoms with Gasteiger partial charge in [-0.3, -0.25) is 0 Å². The summed E-state index contributed by atoms with van der Waals surface area (Å²) < 4.78 is 0. The highest BCUT2D eigenvalue weighted by Gasteiger charge is 2.17. The van der Waals surface area contributed by atoms with Crippen molar-refractivity contribution < 1.29 is 0 Å². The molecule has 1 nitrogen and oxygen atoms in total. The molecule has 0 aromatic heterocycles. The van der Waals surface area contributed by atoms with Crippen LogP contribution in [0.15, 0.2) is 36.0 Å². The molecule has 0 radical (unpaired) electrons. The Labute approximate surface area is 82.0 Å². The van der Waals surface area contributed by atoms with Crippen molar-refractivity contribution in [3.63, 3.8) is 0 Å². The van der Waals surface area contributed by atoms with Crippen molar-refractivity contribution in [1.29, 1.82) is 0 Å². The number of rotatable bonds is 1. The van der Waals surface area contributed by atoms with Gasteiger partial charge in [-0.2, -0.15) is 0 Å². The first-order valence-corrected chi connectivity index (χ1v) is 4.99. The van der Waals surface area contributed by atoms with Gasteiger partial charge in [-0.25, -0.2) is 0 Å². The molecule has 1 aliphatic carbocycles. The average Bonchev–Trinajstić information content (AvgIpc) is 2.45. The van der Waals surface area contributed by atoms with E-state index in [9.17, 15) is 0 Å². The Balaban J connectivity index is 0.000000671. The zero-order valence-electron chi connectivity index (χ0n) is 9.01. The molecule has 0 spiro atoms. The van der Waals surface area contributed by atoms with Crippen molar-refractivity contribution >= 4 is 0 Å². The zero-order chi connectivity index (χ0) is 10.3. The Morgan fingerprint density at radius 2 is 2.00 bits per heavy atom. The molecule has 1 aliphatic rings. The third-order valence-corrected chi connectivity index (χ3v) is 1.93. The zero-order valence-corrected chi connectivity index (χ0v) is 9.01. The van der Waals surface area contributed by atoms with E-state index >= 15 is 0 Å². The molecular formula is C12H21N. The first-order valence-electron chi connectivity index (χ1n) is 4.99. The fraction of sp³-hybridized carbons (Fsp3) is 0.500. The lowest BCUT2D eigenvalue weighted by atomic mass is 10.1. The second-order valence-corrected chi connectivity index (χ2v) is 2.99. The van der Waals surface area contributed by atoms with Crippen molar-refractivity contribution in [3.05, 3.63) is 36.0 Å². The molecule has 1 saturated carbocycles. The van der Waals surface area contributed by atoms with E-state index in [1.54, 1.807) is 0 Å². The molecule has 1 heteroatoms. The molecule has 74 valence electrons. The maximum atomic E-state index is 5.76. The lowest BCUT2D eigenvalue weighted by Gasteiger charge is -1.94. The summed E-state index contributed by atoms with van der Waals surface area (Å²) in [5.41, 5.74) is 8.28. The molecule has 0 saturated heterocycles. The van der Waals surface area contributed by atoms with Gasteiger partial charge in [0.1, 0.15) is 0 Å². The van der Waals surface area contributed by atoms with Gasteiger partial charge in [0.05, 0.1) is 0 Å². The van der Waals surface area contributed by atoms with Crippen LogP contribution in [-0.2, 0) is 0 Å². The van der Waals surface area contributed by atoms with Crippen molar-refractivity contribution in [2.45, 2.75) is 39.7 Å². The minimum absolute atomic E-state index is 0.305. The van der Waals surface area contributed by atoms with Gasteiger partial charge in [-0.15, -0.1) is 0 Å². The first kappa shape index (κ1) is 12.2. The second-order valence-electron chi connectivity index (χ2n) is 2.99. The van der Waals surface area contributed by atoms with Crippen LogP contribution in [0.1, 0.15) is 33.6 Å². The third kappa shape index (κ3) is 4.09. The molecule has 1 atom stereocenters. The normalized spacial score (nSPS) is 25.1. The monoisotopic (exact) mass is 179 g/mol. The van der Waals surface area contributed by atoms with E-state index in [1.165, 1.54) is 11.1 Å². The highest BCUT2D eigenvalue weighted by molar-refractivity contribution is 5.37. The van der Waals surface area contributed by atoms with E-state index < -0.39 is 0 Å². The summed E-state index contributed by atoms with van der Waals surface area (Å²) in [7, 11) is 0. The number of allylic oxidation sites excluding steroid dienone is 3. The van der Waals surface area contributed by atoms with Gasteiger partial charge in [-0.05, 0) is 25.3 Å². The fourth-order valence-electron chi connectivity index (χ4n) is 1.34. The Bertz CT molecular complexity index is 211. The maximum Gasteiger partial charge on any atom is 0.0120 e. The summed E-state index contributed by atoms with van der Waals surface area (Å²) in [5, 5.41) is 0. The standard InChI is InChI=1S/C10H15N.C2H6/c1-3-4-5-9-7-10(11)6-8(9)2;1-2/h3-5,10H,2,6-7,11H2,1H3;1-2H3/b4-3-,9-5-;. The van der Waals surface area contributed by atoms with Gasteiger partial charge in [0.25, 0.3) is 0 Å². The number of hydrogen-bond acceptors (Lipinski definition) is 1. The van der Waals surface area contributed by atoms with Crippen LogP contribution in [-0.4, -0.2) is 6.04 Å². The van der Waals surface area contributed by atoms with Crippen LogP contribution in [0.2, 0.25) is 0 Å². The lowest BCUT2D eigenvalue weighted by Crippen LogP contribution is -2.13. The molecule has 2 N–H and O–H groups in total. The summed E-state index contributed by atoms with van der Waals surface area (Å²) in [4.78, 5) is 0. The smallest absolute Gasteiger partial charge is 0.0120 e. The second kappa shape index (κ2) is 6.67. The molecule has 0 aliphatic heterocycles. The van der Waals surface area contributed by atoms with E-state index in [4.69, 9.17) is 5.73 Å². The molecule has 0 amide bonds. The van der Waals surface area contributed by atoms with Crippen LogP contribution in [0.25, 0.3) is 0 Å². The van der Waals surface area contributed by atoms with E-state index in [0.29, 0.717) is 6.04 Å². The molecular weight excluding hydrogens is 158 g/mol. The largest absolute Gasteiger partial charge is 0.327 e. The van der Waals surface area contributed by atoms with Crippen LogP contribution in [0.4, 0.5) is 0 Å². The van der Waals surface area contributed by atoms with Crippen LogP contribution < -0.4 is 5.73 Å². The summed E-state index contributed by atoms with van der Waals surface area (Å²) in [6.45, 7) is 9.97. The SMILES string of the molecule is C=C1CC(N)C/C1=C/C=C\C.CC. The molecule has 0 heterocycles. The van der Waals surface area contributed by atoms with E-state index in [2.05, 4.69) is 12.7 Å². The van der Waals surface area contributed by atoms with Crippen LogP contribution in [0.3, 0.4) is 0 Å². The number of hydrogen-bond donors (Lipinski definition) is 1. The summed E-state index contributed by atoms with van der Waals surface area (Å²) in [6.07, 6.45) is 8.12. The summed E-state index contributed by atoms with van der Waals surface area (Å²) in [6, 6.07) is 0.305. The Kier molecular flexibility index (Phi) is 6.25. The Morgan fingerprint density at radius 3 is 2.38 bits per heavy atom. The van der Waals surface area contributed by atoms with Crippen LogP contribution in [0, 0.1) is 0 Å². The van der Waals surface area contributed by atoms with Crippen molar-refractivity contribution in [3.8, 4) is 0 Å². The minimum Gasteiger partial charge on any atom is -0.327 e.